The first-order chi connectivity index (χ1) is 12.1. The summed E-state index contributed by atoms with van der Waals surface area (Å²) in [4.78, 5) is 22.6. The third-order valence-corrected chi connectivity index (χ3v) is 3.46. The number of nitrogens with one attached hydrogen (secondary N) is 2. The standard InChI is InChI=1S/C16H18N4O2.CH2O2/c1-20(2)7-6-17-16(21)11-3-4-14-13(9-11)15(19-18-14)12-5-8-22-10-12;2-1-3/h3-5,8-10H,6-7H2,1-2H3,(H,17,21)(H,18,19);1H,(H,2,3). The number of carbonyl (C=O) groups is 2. The number of H-pyrrole nitrogens is 1. The first-order valence-electron chi connectivity index (χ1n) is 7.58. The van der Waals surface area contributed by atoms with Crippen LogP contribution in [0.5, 0.6) is 0 Å². The smallest absolute Gasteiger partial charge is 0.290 e. The normalized spacial score (nSPS) is 10.4. The summed E-state index contributed by atoms with van der Waals surface area (Å²) in [5, 5.41) is 18.0. The van der Waals surface area contributed by atoms with Gasteiger partial charge in [0.2, 0.25) is 0 Å². The van der Waals surface area contributed by atoms with Crippen LogP contribution in [0.1, 0.15) is 10.4 Å². The van der Waals surface area contributed by atoms with Crippen molar-refractivity contribution in [2.75, 3.05) is 27.2 Å². The maximum atomic E-state index is 12.2. The molecule has 3 aromatic rings. The van der Waals surface area contributed by atoms with Gasteiger partial charge in [0, 0.05) is 29.6 Å². The van der Waals surface area contributed by atoms with Crippen LogP contribution in [0.2, 0.25) is 0 Å². The molecular weight excluding hydrogens is 324 g/mol. The van der Waals surface area contributed by atoms with Crippen LogP contribution in [0.3, 0.4) is 0 Å². The van der Waals surface area contributed by atoms with Crippen molar-refractivity contribution in [1.29, 1.82) is 0 Å². The highest BCUT2D eigenvalue weighted by Crippen LogP contribution is 2.27. The van der Waals surface area contributed by atoms with Crippen LogP contribution in [-0.2, 0) is 4.79 Å². The van der Waals surface area contributed by atoms with E-state index in [1.54, 1.807) is 18.6 Å². The number of aromatic amines is 1. The Bertz CT molecular complexity index is 824. The van der Waals surface area contributed by atoms with Gasteiger partial charge in [0.25, 0.3) is 12.4 Å². The summed E-state index contributed by atoms with van der Waals surface area (Å²) in [6.07, 6.45) is 3.24. The molecule has 0 radical (unpaired) electrons. The van der Waals surface area contributed by atoms with Gasteiger partial charge in [-0.3, -0.25) is 14.7 Å². The van der Waals surface area contributed by atoms with Gasteiger partial charge in [0.1, 0.15) is 5.69 Å². The zero-order valence-corrected chi connectivity index (χ0v) is 14.0. The van der Waals surface area contributed by atoms with Crippen LogP contribution in [0.4, 0.5) is 0 Å². The number of likely N-dealkylation sites (N-methyl/N-ethyl adjacent to an activating group) is 1. The van der Waals surface area contributed by atoms with E-state index in [2.05, 4.69) is 15.5 Å². The second kappa shape index (κ2) is 8.65. The fourth-order valence-electron chi connectivity index (χ4n) is 2.27. The molecule has 0 unspecified atom stereocenters. The number of nitrogens with zero attached hydrogens (tertiary/aromatic N) is 2. The van der Waals surface area contributed by atoms with Crippen LogP contribution in [0, 0.1) is 0 Å². The number of hydrogen-bond donors (Lipinski definition) is 3. The number of carbonyl (C=O) groups excluding carboxylic acids is 1. The van der Waals surface area contributed by atoms with Crippen molar-refractivity contribution in [1.82, 2.24) is 20.4 Å². The van der Waals surface area contributed by atoms with Crippen LogP contribution in [0.25, 0.3) is 22.2 Å². The van der Waals surface area contributed by atoms with Gasteiger partial charge in [0.15, 0.2) is 0 Å². The minimum atomic E-state index is -0.250. The number of carboxylic acid groups (broad SMARTS) is 1. The van der Waals surface area contributed by atoms with E-state index in [4.69, 9.17) is 14.3 Å². The predicted molar refractivity (Wildman–Crippen MR) is 93.4 cm³/mol. The molecule has 0 fully saturated rings. The first-order valence-corrected chi connectivity index (χ1v) is 7.58. The molecule has 1 amide bonds. The molecule has 0 spiro atoms. The Morgan fingerprint density at radius 3 is 2.80 bits per heavy atom. The molecule has 2 heterocycles. The Morgan fingerprint density at radius 2 is 2.16 bits per heavy atom. The van der Waals surface area contributed by atoms with Crippen LogP contribution in [-0.4, -0.2) is 59.8 Å². The summed E-state index contributed by atoms with van der Waals surface area (Å²) < 4.78 is 5.10. The highest BCUT2D eigenvalue weighted by Gasteiger charge is 2.12. The van der Waals surface area contributed by atoms with E-state index in [9.17, 15) is 4.79 Å². The molecule has 0 aliphatic heterocycles. The largest absolute Gasteiger partial charge is 0.483 e. The van der Waals surface area contributed by atoms with Crippen LogP contribution in [0.15, 0.2) is 41.2 Å². The Kier molecular flexibility index (Phi) is 6.30. The van der Waals surface area contributed by atoms with E-state index >= 15 is 0 Å². The molecule has 132 valence electrons. The molecule has 3 rings (SSSR count). The quantitative estimate of drug-likeness (QED) is 0.609. The minimum absolute atomic E-state index is 0.0805. The number of rotatable bonds is 5. The number of benzene rings is 1. The maximum absolute atomic E-state index is 12.2. The van der Waals surface area contributed by atoms with E-state index in [1.807, 2.05) is 37.2 Å². The second-order valence-corrected chi connectivity index (χ2v) is 5.51. The van der Waals surface area contributed by atoms with Gasteiger partial charge in [-0.05, 0) is 38.4 Å². The molecule has 1 aromatic carbocycles. The lowest BCUT2D eigenvalue weighted by Gasteiger charge is -2.10. The summed E-state index contributed by atoms with van der Waals surface area (Å²) in [7, 11) is 3.95. The Morgan fingerprint density at radius 1 is 1.40 bits per heavy atom. The third kappa shape index (κ3) is 4.67. The molecule has 3 N–H and O–H groups in total. The number of fused-ring (bicyclic) bond motifs is 1. The SMILES string of the molecule is CN(C)CCNC(=O)c1ccc2[nH]nc(-c3ccoc3)c2c1.O=CO. The highest BCUT2D eigenvalue weighted by molar-refractivity contribution is 6.01. The second-order valence-electron chi connectivity index (χ2n) is 5.51. The zero-order chi connectivity index (χ0) is 18.2. The van der Waals surface area contributed by atoms with E-state index in [-0.39, 0.29) is 12.4 Å². The van der Waals surface area contributed by atoms with Crippen molar-refractivity contribution < 1.29 is 19.1 Å². The van der Waals surface area contributed by atoms with Crippen molar-refractivity contribution in [2.45, 2.75) is 0 Å². The fourth-order valence-corrected chi connectivity index (χ4v) is 2.27. The van der Waals surface area contributed by atoms with Gasteiger partial charge in [-0.1, -0.05) is 0 Å². The van der Waals surface area contributed by atoms with Crippen molar-refractivity contribution in [3.8, 4) is 11.3 Å². The van der Waals surface area contributed by atoms with Crippen LogP contribution >= 0.6 is 0 Å². The van der Waals surface area contributed by atoms with Gasteiger partial charge in [-0.25, -0.2) is 0 Å². The zero-order valence-electron chi connectivity index (χ0n) is 14.0. The molecule has 0 aliphatic rings. The average molecular weight is 344 g/mol. The molecule has 0 aliphatic carbocycles. The number of amides is 1. The topological polar surface area (TPSA) is 111 Å². The van der Waals surface area contributed by atoms with Gasteiger partial charge < -0.3 is 19.7 Å². The lowest BCUT2D eigenvalue weighted by atomic mass is 10.1. The molecule has 8 heteroatoms. The van der Waals surface area contributed by atoms with Gasteiger partial charge in [-0.2, -0.15) is 5.10 Å². The van der Waals surface area contributed by atoms with E-state index < -0.39 is 0 Å². The minimum Gasteiger partial charge on any atom is -0.483 e. The average Bonchev–Trinajstić information content (AvgIpc) is 3.23. The number of hydrogen-bond acceptors (Lipinski definition) is 5. The van der Waals surface area contributed by atoms with E-state index in [0.717, 1.165) is 28.7 Å². The molecule has 0 atom stereocenters. The van der Waals surface area contributed by atoms with Crippen LogP contribution < -0.4 is 5.32 Å². The summed E-state index contributed by atoms with van der Waals surface area (Å²) >= 11 is 0. The molecule has 0 saturated heterocycles. The number of aromatic nitrogens is 2. The van der Waals surface area contributed by atoms with E-state index in [1.165, 1.54) is 0 Å². The van der Waals surface area contributed by atoms with Crippen molar-refractivity contribution in [3.63, 3.8) is 0 Å². The molecule has 0 bridgehead atoms. The summed E-state index contributed by atoms with van der Waals surface area (Å²) in [5.74, 6) is -0.0805. The Hall–Kier alpha value is -3.13. The molecule has 25 heavy (non-hydrogen) atoms. The first kappa shape index (κ1) is 18.2. The summed E-state index contributed by atoms with van der Waals surface area (Å²) in [5.41, 5.74) is 3.18. The predicted octanol–water partition coefficient (Wildman–Crippen LogP) is 1.82. The van der Waals surface area contributed by atoms with E-state index in [0.29, 0.717) is 12.1 Å². The lowest BCUT2D eigenvalue weighted by Crippen LogP contribution is -2.31. The summed E-state index contributed by atoms with van der Waals surface area (Å²) in [6.45, 7) is 1.17. The number of furan rings is 1. The molecular formula is C17H20N4O4. The monoisotopic (exact) mass is 344 g/mol. The molecule has 2 aromatic heterocycles. The van der Waals surface area contributed by atoms with Crippen molar-refractivity contribution in [3.05, 3.63) is 42.4 Å². The van der Waals surface area contributed by atoms with Gasteiger partial charge >= 0.3 is 0 Å². The van der Waals surface area contributed by atoms with Gasteiger partial charge in [-0.15, -0.1) is 0 Å². The van der Waals surface area contributed by atoms with Crippen molar-refractivity contribution >= 4 is 23.3 Å². The Balaban J connectivity index is 0.000000701. The highest BCUT2D eigenvalue weighted by atomic mass is 16.3. The molecule has 8 nitrogen and oxygen atoms in total. The Labute approximate surface area is 144 Å². The summed E-state index contributed by atoms with van der Waals surface area (Å²) in [6, 6.07) is 7.36. The van der Waals surface area contributed by atoms with Crippen molar-refractivity contribution in [2.24, 2.45) is 0 Å². The lowest BCUT2D eigenvalue weighted by molar-refractivity contribution is -0.122. The maximum Gasteiger partial charge on any atom is 0.290 e. The van der Waals surface area contributed by atoms with Gasteiger partial charge in [0.05, 0.1) is 18.0 Å². The third-order valence-electron chi connectivity index (χ3n) is 3.46. The molecule has 0 saturated carbocycles. The fraction of sp³-hybridized carbons (Fsp3) is 0.235.